The minimum atomic E-state index is 0. The Balaban J connectivity index is 0.00000112. The predicted molar refractivity (Wildman–Crippen MR) is 55.9 cm³/mol. The van der Waals surface area contributed by atoms with Crippen LogP contribution in [0.3, 0.4) is 0 Å². The zero-order chi connectivity index (χ0) is 9.97. The first-order chi connectivity index (χ1) is 6.86. The van der Waals surface area contributed by atoms with Crippen molar-refractivity contribution in [3.05, 3.63) is 36.4 Å². The molecule has 0 bridgehead atoms. The summed E-state index contributed by atoms with van der Waals surface area (Å²) in [6.45, 7) is 0. The maximum atomic E-state index is 5.24. The van der Waals surface area contributed by atoms with Crippen LogP contribution in [0.15, 0.2) is 30.3 Å². The van der Waals surface area contributed by atoms with Gasteiger partial charge in [-0.3, -0.25) is 0 Å². The van der Waals surface area contributed by atoms with Crippen LogP contribution in [0, 0.1) is 6.07 Å². The Morgan fingerprint density at radius 1 is 1.00 bits per heavy atom. The number of rotatable bonds is 2. The first-order valence-corrected chi connectivity index (χ1v) is 4.38. The quantitative estimate of drug-likeness (QED) is 0.481. The summed E-state index contributed by atoms with van der Waals surface area (Å²) < 4.78 is 10.5. The summed E-state index contributed by atoms with van der Waals surface area (Å²) in [6.07, 6.45) is 0. The molecule has 0 amide bonds. The van der Waals surface area contributed by atoms with Crippen molar-refractivity contribution in [2.24, 2.45) is 0 Å². The molecule has 0 N–H and O–H groups in total. The summed E-state index contributed by atoms with van der Waals surface area (Å²) in [5.74, 6) is 1.57. The molecule has 15 heavy (non-hydrogen) atoms. The van der Waals surface area contributed by atoms with E-state index in [1.807, 2.05) is 24.3 Å². The van der Waals surface area contributed by atoms with Gasteiger partial charge in [0.2, 0.25) is 0 Å². The van der Waals surface area contributed by atoms with Gasteiger partial charge in [-0.25, -0.2) is 0 Å². The fourth-order valence-corrected chi connectivity index (χ4v) is 1.52. The molecular weight excluding hydrogens is 183 g/mol. The Hall–Kier alpha value is -1.10. The van der Waals surface area contributed by atoms with Gasteiger partial charge in [-0.15, -0.1) is 18.2 Å². The summed E-state index contributed by atoms with van der Waals surface area (Å²) in [6, 6.07) is 12.8. The third-order valence-electron chi connectivity index (χ3n) is 2.20. The van der Waals surface area contributed by atoms with Gasteiger partial charge in [0.25, 0.3) is 0 Å². The van der Waals surface area contributed by atoms with E-state index in [0.29, 0.717) is 0 Å². The number of benzene rings is 2. The van der Waals surface area contributed by atoms with Gasteiger partial charge >= 0.3 is 18.9 Å². The molecule has 0 aliphatic heterocycles. The van der Waals surface area contributed by atoms with Crippen molar-refractivity contribution < 1.29 is 28.3 Å². The minimum absolute atomic E-state index is 0. The molecule has 72 valence electrons. The Morgan fingerprint density at radius 2 is 1.67 bits per heavy atom. The van der Waals surface area contributed by atoms with E-state index in [4.69, 9.17) is 9.47 Å². The molecule has 0 unspecified atom stereocenters. The summed E-state index contributed by atoms with van der Waals surface area (Å²) in [4.78, 5) is 0. The van der Waals surface area contributed by atoms with Gasteiger partial charge in [0.15, 0.2) is 0 Å². The fourth-order valence-electron chi connectivity index (χ4n) is 1.52. The van der Waals surface area contributed by atoms with Crippen molar-refractivity contribution in [1.29, 1.82) is 0 Å². The van der Waals surface area contributed by atoms with E-state index in [1.54, 1.807) is 20.3 Å². The monoisotopic (exact) mass is 194 g/mol. The zero-order valence-electron chi connectivity index (χ0n) is 9.20. The summed E-state index contributed by atoms with van der Waals surface area (Å²) in [5.41, 5.74) is 0. The molecule has 0 fully saturated rings. The molecule has 2 rings (SSSR count). The zero-order valence-corrected chi connectivity index (χ0v) is 9.20. The van der Waals surface area contributed by atoms with E-state index in [9.17, 15) is 0 Å². The predicted octanol–water partition coefficient (Wildman–Crippen LogP) is -0.339. The maximum Gasteiger partial charge on any atom is 1.00 e. The Morgan fingerprint density at radius 3 is 2.27 bits per heavy atom. The smallest absolute Gasteiger partial charge is 0.554 e. The molecule has 2 nitrogen and oxygen atoms in total. The average Bonchev–Trinajstić information content (AvgIpc) is 2.27. The van der Waals surface area contributed by atoms with E-state index in [-0.39, 0.29) is 18.9 Å². The Kier molecular flexibility index (Phi) is 4.08. The number of hydrogen-bond acceptors (Lipinski definition) is 2. The molecule has 0 radical (unpaired) electrons. The minimum Gasteiger partial charge on any atom is -0.554 e. The molecule has 0 saturated heterocycles. The second-order valence-electron chi connectivity index (χ2n) is 2.94. The summed E-state index contributed by atoms with van der Waals surface area (Å²) in [7, 11) is 3.30. The third kappa shape index (κ3) is 2.12. The molecule has 0 spiro atoms. The first-order valence-electron chi connectivity index (χ1n) is 4.38. The van der Waals surface area contributed by atoms with Crippen molar-refractivity contribution in [2.45, 2.75) is 0 Å². The van der Waals surface area contributed by atoms with E-state index in [0.717, 1.165) is 22.3 Å². The van der Waals surface area contributed by atoms with Gasteiger partial charge in [0, 0.05) is 11.5 Å². The van der Waals surface area contributed by atoms with Gasteiger partial charge in [-0.2, -0.15) is 0 Å². The van der Waals surface area contributed by atoms with E-state index < -0.39 is 0 Å². The Bertz CT molecular complexity index is 412. The topological polar surface area (TPSA) is 18.5 Å². The molecule has 0 aliphatic rings. The number of hydrogen-bond donors (Lipinski definition) is 0. The van der Waals surface area contributed by atoms with Gasteiger partial charge in [0.05, 0.1) is 14.2 Å². The van der Waals surface area contributed by atoms with Crippen LogP contribution in [0.1, 0.15) is 0 Å². The van der Waals surface area contributed by atoms with Crippen LogP contribution in [0.25, 0.3) is 10.8 Å². The number of methoxy groups -OCH3 is 2. The third-order valence-corrected chi connectivity index (χ3v) is 2.20. The molecule has 3 heteroatoms. The van der Waals surface area contributed by atoms with Gasteiger partial charge < -0.3 is 9.47 Å². The standard InChI is InChI=1S/C12H11O2.Li/c1-13-11-7-8-12(14-2)10-6-4-3-5-9(10)11;/h3-7H,1-2H3;/q-1;+1. The van der Waals surface area contributed by atoms with E-state index in [1.165, 1.54) is 0 Å². The second kappa shape index (κ2) is 5.11. The Labute approximate surface area is 101 Å². The normalized spacial score (nSPS) is 9.47. The SMILES string of the molecule is COc1[c-]cc(OC)c2ccccc12.[Li+]. The van der Waals surface area contributed by atoms with Crippen LogP contribution in [0.2, 0.25) is 0 Å². The van der Waals surface area contributed by atoms with Crippen molar-refractivity contribution >= 4 is 10.8 Å². The van der Waals surface area contributed by atoms with Crippen LogP contribution in [-0.4, -0.2) is 14.2 Å². The summed E-state index contributed by atoms with van der Waals surface area (Å²) in [5, 5.41) is 2.07. The maximum absolute atomic E-state index is 5.24. The first kappa shape index (κ1) is 12.0. The molecular formula is C12H11LiO2. The van der Waals surface area contributed by atoms with Crippen LogP contribution in [-0.2, 0) is 0 Å². The largest absolute Gasteiger partial charge is 1.00 e. The van der Waals surface area contributed by atoms with Crippen LogP contribution in [0.4, 0.5) is 0 Å². The molecule has 0 saturated carbocycles. The molecule has 2 aromatic rings. The molecule has 0 aliphatic carbocycles. The molecule has 0 aromatic heterocycles. The van der Waals surface area contributed by atoms with Crippen molar-refractivity contribution in [2.75, 3.05) is 14.2 Å². The van der Waals surface area contributed by atoms with Crippen molar-refractivity contribution in [3.63, 3.8) is 0 Å². The van der Waals surface area contributed by atoms with Crippen LogP contribution >= 0.6 is 0 Å². The summed E-state index contributed by atoms with van der Waals surface area (Å²) >= 11 is 0. The molecule has 0 atom stereocenters. The molecule has 0 heterocycles. The van der Waals surface area contributed by atoms with Gasteiger partial charge in [-0.1, -0.05) is 29.0 Å². The van der Waals surface area contributed by atoms with Gasteiger partial charge in [0.1, 0.15) is 0 Å². The van der Waals surface area contributed by atoms with E-state index >= 15 is 0 Å². The number of ether oxygens (including phenoxy) is 2. The van der Waals surface area contributed by atoms with E-state index in [2.05, 4.69) is 6.07 Å². The average molecular weight is 194 g/mol. The second-order valence-corrected chi connectivity index (χ2v) is 2.94. The van der Waals surface area contributed by atoms with Crippen molar-refractivity contribution in [3.8, 4) is 11.5 Å². The van der Waals surface area contributed by atoms with Gasteiger partial charge in [-0.05, 0) is 0 Å². The van der Waals surface area contributed by atoms with Crippen LogP contribution in [0.5, 0.6) is 11.5 Å². The fraction of sp³-hybridized carbons (Fsp3) is 0.167. The van der Waals surface area contributed by atoms with Crippen molar-refractivity contribution in [1.82, 2.24) is 0 Å². The van der Waals surface area contributed by atoms with Crippen LogP contribution < -0.4 is 28.3 Å². The molecule has 2 aromatic carbocycles. The number of fused-ring (bicyclic) bond motifs is 1.